The molecule has 234 valence electrons. The van der Waals surface area contributed by atoms with E-state index in [2.05, 4.69) is 71.5 Å². The fourth-order valence-corrected chi connectivity index (χ4v) is 6.41. The van der Waals surface area contributed by atoms with Gasteiger partial charge in [-0.15, -0.1) is 0 Å². The van der Waals surface area contributed by atoms with Crippen molar-refractivity contribution < 1.29 is 14.3 Å². The molecule has 1 aliphatic heterocycles. The van der Waals surface area contributed by atoms with Crippen LogP contribution < -0.4 is 9.64 Å². The Labute approximate surface area is 263 Å². The number of methoxy groups -OCH3 is 1. The van der Waals surface area contributed by atoms with Gasteiger partial charge in [0, 0.05) is 82.9 Å². The van der Waals surface area contributed by atoms with E-state index in [9.17, 15) is 4.79 Å². The number of amides is 1. The number of ether oxygens (including phenoxy) is 2. The van der Waals surface area contributed by atoms with Crippen molar-refractivity contribution >= 4 is 30.7 Å². The first kappa shape index (κ1) is 31.8. The zero-order valence-electron chi connectivity index (χ0n) is 27.4. The third-order valence-electron chi connectivity index (χ3n) is 8.36. The zero-order valence-corrected chi connectivity index (χ0v) is 28.4. The summed E-state index contributed by atoms with van der Waals surface area (Å²) in [4.78, 5) is 23.9. The average Bonchev–Trinajstić information content (AvgIpc) is 3.22. The van der Waals surface area contributed by atoms with Gasteiger partial charge in [-0.25, -0.2) is 4.98 Å². The summed E-state index contributed by atoms with van der Waals surface area (Å²) in [5, 5.41) is 1.04. The Kier molecular flexibility index (Phi) is 9.77. The molecule has 9 heteroatoms. The molecule has 0 aliphatic carbocycles. The Morgan fingerprint density at radius 2 is 1.70 bits per heavy atom. The standard InChI is InChI=1S/C35H47N5O3Si/c1-37(2)35(41)27-11-9-26(10-12-27)31-24-40(25-43-19-20-44(5,6)7)34-30(31)21-29(23-36-34)28-13-14-32(33(22-28)42-4)39-16-8-15-38(3)17-18-39/h9-14,21-24H,8,15-20,25H2,1-7H3. The maximum atomic E-state index is 12.5. The number of hydrogen-bond donors (Lipinski definition) is 0. The van der Waals surface area contributed by atoms with Gasteiger partial charge in [0.1, 0.15) is 18.1 Å². The molecule has 44 heavy (non-hydrogen) atoms. The quantitative estimate of drug-likeness (QED) is 0.150. The van der Waals surface area contributed by atoms with E-state index in [1.165, 1.54) is 0 Å². The van der Waals surface area contributed by atoms with Crippen molar-refractivity contribution in [3.8, 4) is 28.0 Å². The Hall–Kier alpha value is -3.66. The summed E-state index contributed by atoms with van der Waals surface area (Å²) < 4.78 is 14.2. The molecular formula is C35H47N5O3Si. The van der Waals surface area contributed by atoms with Gasteiger partial charge in [0.05, 0.1) is 12.8 Å². The van der Waals surface area contributed by atoms with E-state index in [0.717, 1.165) is 90.0 Å². The van der Waals surface area contributed by atoms with E-state index < -0.39 is 8.07 Å². The summed E-state index contributed by atoms with van der Waals surface area (Å²) in [6.07, 6.45) is 5.20. The lowest BCUT2D eigenvalue weighted by atomic mass is 10.0. The molecule has 0 unspecified atom stereocenters. The fourth-order valence-electron chi connectivity index (χ4n) is 5.66. The van der Waals surface area contributed by atoms with Gasteiger partial charge >= 0.3 is 0 Å². The summed E-state index contributed by atoms with van der Waals surface area (Å²) in [7, 11) is 6.29. The predicted molar refractivity (Wildman–Crippen MR) is 184 cm³/mol. The molecule has 0 atom stereocenters. The van der Waals surface area contributed by atoms with Crippen LogP contribution in [-0.2, 0) is 11.5 Å². The van der Waals surface area contributed by atoms with Gasteiger partial charge in [-0.3, -0.25) is 4.79 Å². The highest BCUT2D eigenvalue weighted by Gasteiger charge is 2.19. The van der Waals surface area contributed by atoms with E-state index >= 15 is 0 Å². The minimum Gasteiger partial charge on any atom is -0.495 e. The monoisotopic (exact) mass is 613 g/mol. The van der Waals surface area contributed by atoms with Crippen LogP contribution in [0.3, 0.4) is 0 Å². The van der Waals surface area contributed by atoms with Gasteiger partial charge in [-0.1, -0.05) is 37.8 Å². The molecule has 1 fully saturated rings. The number of fused-ring (bicyclic) bond motifs is 1. The van der Waals surface area contributed by atoms with Crippen molar-refractivity contribution in [2.24, 2.45) is 0 Å². The van der Waals surface area contributed by atoms with Crippen molar-refractivity contribution in [1.82, 2.24) is 19.4 Å². The number of carbonyl (C=O) groups is 1. The highest BCUT2D eigenvalue weighted by molar-refractivity contribution is 6.76. The lowest BCUT2D eigenvalue weighted by Crippen LogP contribution is -2.29. The minimum absolute atomic E-state index is 0.0108. The first-order chi connectivity index (χ1) is 21.0. The lowest BCUT2D eigenvalue weighted by molar-refractivity contribution is 0.0827. The molecule has 1 saturated heterocycles. The molecule has 0 saturated carbocycles. The topological polar surface area (TPSA) is 63.1 Å². The molecule has 1 amide bonds. The molecule has 3 heterocycles. The maximum Gasteiger partial charge on any atom is 0.253 e. The molecule has 0 spiro atoms. The van der Waals surface area contributed by atoms with E-state index in [0.29, 0.717) is 12.3 Å². The summed E-state index contributed by atoms with van der Waals surface area (Å²) in [5.41, 5.74) is 6.85. The van der Waals surface area contributed by atoms with Crippen LogP contribution in [-0.4, -0.2) is 94.4 Å². The highest BCUT2D eigenvalue weighted by atomic mass is 28.3. The molecule has 0 bridgehead atoms. The van der Waals surface area contributed by atoms with Crippen LogP contribution in [0.2, 0.25) is 25.7 Å². The van der Waals surface area contributed by atoms with Crippen molar-refractivity contribution in [2.45, 2.75) is 38.8 Å². The van der Waals surface area contributed by atoms with Crippen LogP contribution in [0.5, 0.6) is 5.75 Å². The third-order valence-corrected chi connectivity index (χ3v) is 10.1. The van der Waals surface area contributed by atoms with Crippen LogP contribution in [0.4, 0.5) is 5.69 Å². The highest BCUT2D eigenvalue weighted by Crippen LogP contribution is 2.37. The number of hydrogen-bond acceptors (Lipinski definition) is 6. The van der Waals surface area contributed by atoms with Gasteiger partial charge in [0.15, 0.2) is 0 Å². The molecule has 2 aromatic carbocycles. The minimum atomic E-state index is -1.19. The summed E-state index contributed by atoms with van der Waals surface area (Å²) >= 11 is 0. The predicted octanol–water partition coefficient (Wildman–Crippen LogP) is 6.53. The largest absolute Gasteiger partial charge is 0.495 e. The second-order valence-electron chi connectivity index (χ2n) is 13.3. The van der Waals surface area contributed by atoms with Crippen molar-refractivity contribution in [3.05, 3.63) is 66.5 Å². The van der Waals surface area contributed by atoms with Gasteiger partial charge in [0.2, 0.25) is 0 Å². The molecular weight excluding hydrogens is 567 g/mol. The number of carbonyl (C=O) groups excluding carboxylic acids is 1. The second-order valence-corrected chi connectivity index (χ2v) is 18.9. The number of anilines is 1. The molecule has 2 aromatic heterocycles. The number of rotatable bonds is 10. The molecule has 0 radical (unpaired) electrons. The molecule has 8 nitrogen and oxygen atoms in total. The average molecular weight is 614 g/mol. The summed E-state index contributed by atoms with van der Waals surface area (Å²) in [6.45, 7) is 12.4. The van der Waals surface area contributed by atoms with Crippen LogP contribution >= 0.6 is 0 Å². The number of pyridine rings is 1. The molecule has 5 rings (SSSR count). The van der Waals surface area contributed by atoms with E-state index in [1.807, 2.05) is 30.5 Å². The fraction of sp³-hybridized carbons (Fsp3) is 0.429. The van der Waals surface area contributed by atoms with Crippen LogP contribution in [0.15, 0.2) is 60.9 Å². The Bertz CT molecular complexity index is 1590. The third kappa shape index (κ3) is 7.34. The summed E-state index contributed by atoms with van der Waals surface area (Å²) in [6, 6.07) is 17.6. The Morgan fingerprint density at radius 1 is 0.955 bits per heavy atom. The van der Waals surface area contributed by atoms with Crippen molar-refractivity contribution in [1.29, 1.82) is 0 Å². The van der Waals surface area contributed by atoms with Gasteiger partial charge in [0.25, 0.3) is 5.91 Å². The molecule has 4 aromatic rings. The lowest BCUT2D eigenvalue weighted by Gasteiger charge is -2.25. The SMILES string of the molecule is COc1cc(-c2cnc3c(c2)c(-c2ccc(C(=O)N(C)C)cc2)cn3COCC[Si](C)(C)C)ccc1N1CCCN(C)CC1. The number of likely N-dealkylation sites (N-methyl/N-ethyl adjacent to an activating group) is 1. The van der Waals surface area contributed by atoms with Crippen LogP contribution in [0.1, 0.15) is 16.8 Å². The maximum absolute atomic E-state index is 12.5. The number of benzene rings is 2. The number of aromatic nitrogens is 2. The van der Waals surface area contributed by atoms with Crippen molar-refractivity contribution in [2.75, 3.05) is 65.9 Å². The Morgan fingerprint density at radius 3 is 2.41 bits per heavy atom. The number of nitrogens with zero attached hydrogens (tertiary/aromatic N) is 5. The zero-order chi connectivity index (χ0) is 31.4. The molecule has 1 aliphatic rings. The van der Waals surface area contributed by atoms with Gasteiger partial charge in [-0.05, 0) is 67.5 Å². The van der Waals surface area contributed by atoms with Gasteiger partial charge < -0.3 is 28.7 Å². The summed E-state index contributed by atoms with van der Waals surface area (Å²) in [5.74, 6) is 0.866. The second kappa shape index (κ2) is 13.5. The van der Waals surface area contributed by atoms with Crippen LogP contribution in [0.25, 0.3) is 33.3 Å². The van der Waals surface area contributed by atoms with Gasteiger partial charge in [-0.2, -0.15) is 0 Å². The first-order valence-electron chi connectivity index (χ1n) is 15.5. The molecule has 0 N–H and O–H groups in total. The first-order valence-corrected chi connectivity index (χ1v) is 19.3. The normalized spacial score (nSPS) is 14.6. The van der Waals surface area contributed by atoms with E-state index in [1.54, 1.807) is 26.1 Å². The van der Waals surface area contributed by atoms with Crippen LogP contribution in [0, 0.1) is 0 Å². The smallest absolute Gasteiger partial charge is 0.253 e. The Balaban J connectivity index is 1.50. The van der Waals surface area contributed by atoms with E-state index in [-0.39, 0.29) is 5.91 Å². The van der Waals surface area contributed by atoms with Crippen molar-refractivity contribution in [3.63, 3.8) is 0 Å². The van der Waals surface area contributed by atoms with E-state index in [4.69, 9.17) is 14.5 Å².